The molecule has 21 heavy (non-hydrogen) atoms. The highest BCUT2D eigenvalue weighted by Crippen LogP contribution is 2.21. The minimum absolute atomic E-state index is 0.678. The van der Waals surface area contributed by atoms with Crippen LogP contribution in [0.4, 0.5) is 0 Å². The molecule has 0 saturated carbocycles. The standard InChI is InChI=1S/C18H26N2O/c1-2-4-16-5-3-11-20(12-10-16)13-14-21-18-8-6-17(15-19)7-9-18/h6-9,16H,2-5,10-14H2,1H3. The maximum atomic E-state index is 8.76. The summed E-state index contributed by atoms with van der Waals surface area (Å²) in [5, 5.41) is 8.76. The van der Waals surface area contributed by atoms with Crippen molar-refractivity contribution in [3.63, 3.8) is 0 Å². The number of ether oxygens (including phenoxy) is 1. The van der Waals surface area contributed by atoms with Gasteiger partial charge < -0.3 is 4.74 Å². The number of hydrogen-bond donors (Lipinski definition) is 0. The highest BCUT2D eigenvalue weighted by atomic mass is 16.5. The van der Waals surface area contributed by atoms with Gasteiger partial charge in [0.25, 0.3) is 0 Å². The average molecular weight is 286 g/mol. The van der Waals surface area contributed by atoms with Crippen molar-refractivity contribution in [1.29, 1.82) is 5.26 Å². The van der Waals surface area contributed by atoms with E-state index in [0.717, 1.165) is 24.8 Å². The maximum Gasteiger partial charge on any atom is 0.119 e. The van der Waals surface area contributed by atoms with Crippen LogP contribution in [0.3, 0.4) is 0 Å². The van der Waals surface area contributed by atoms with E-state index in [4.69, 9.17) is 10.00 Å². The van der Waals surface area contributed by atoms with Crippen molar-refractivity contribution in [2.75, 3.05) is 26.2 Å². The zero-order valence-electron chi connectivity index (χ0n) is 13.1. The highest BCUT2D eigenvalue weighted by molar-refractivity contribution is 5.34. The molecule has 0 spiro atoms. The van der Waals surface area contributed by atoms with Gasteiger partial charge in [-0.05, 0) is 62.5 Å². The van der Waals surface area contributed by atoms with Crippen LogP contribution >= 0.6 is 0 Å². The molecule has 0 radical (unpaired) electrons. The molecule has 114 valence electrons. The molecule has 0 N–H and O–H groups in total. The molecule has 1 saturated heterocycles. The van der Waals surface area contributed by atoms with Crippen LogP contribution in [0, 0.1) is 17.2 Å². The second-order valence-corrected chi connectivity index (χ2v) is 5.91. The molecule has 1 aliphatic rings. The summed E-state index contributed by atoms with van der Waals surface area (Å²) >= 11 is 0. The van der Waals surface area contributed by atoms with Gasteiger partial charge in [-0.25, -0.2) is 0 Å². The van der Waals surface area contributed by atoms with Crippen molar-refractivity contribution in [3.05, 3.63) is 29.8 Å². The molecule has 3 heteroatoms. The maximum absolute atomic E-state index is 8.76. The van der Waals surface area contributed by atoms with Crippen molar-refractivity contribution in [2.24, 2.45) is 5.92 Å². The highest BCUT2D eigenvalue weighted by Gasteiger charge is 2.16. The monoisotopic (exact) mass is 286 g/mol. The van der Waals surface area contributed by atoms with Crippen LogP contribution in [0.25, 0.3) is 0 Å². The van der Waals surface area contributed by atoms with E-state index in [-0.39, 0.29) is 0 Å². The Morgan fingerprint density at radius 2 is 2.05 bits per heavy atom. The molecule has 1 fully saturated rings. The minimum atomic E-state index is 0.678. The smallest absolute Gasteiger partial charge is 0.119 e. The fourth-order valence-corrected chi connectivity index (χ4v) is 3.06. The molecule has 1 aromatic carbocycles. The Kier molecular flexibility index (Phi) is 6.56. The Bertz CT molecular complexity index is 449. The molecular formula is C18H26N2O. The molecular weight excluding hydrogens is 260 g/mol. The van der Waals surface area contributed by atoms with E-state index in [2.05, 4.69) is 17.9 Å². The van der Waals surface area contributed by atoms with Gasteiger partial charge >= 0.3 is 0 Å². The first-order valence-electron chi connectivity index (χ1n) is 8.17. The number of likely N-dealkylation sites (tertiary alicyclic amines) is 1. The third-order valence-electron chi connectivity index (χ3n) is 4.30. The van der Waals surface area contributed by atoms with Gasteiger partial charge in [-0.2, -0.15) is 5.26 Å². The lowest BCUT2D eigenvalue weighted by Crippen LogP contribution is -2.29. The Hall–Kier alpha value is -1.53. The molecule has 1 heterocycles. The van der Waals surface area contributed by atoms with Gasteiger partial charge in [0.05, 0.1) is 11.6 Å². The van der Waals surface area contributed by atoms with Crippen LogP contribution in [-0.4, -0.2) is 31.1 Å². The van der Waals surface area contributed by atoms with Gasteiger partial charge in [0.15, 0.2) is 0 Å². The largest absolute Gasteiger partial charge is 0.492 e. The van der Waals surface area contributed by atoms with Gasteiger partial charge in [-0.1, -0.05) is 19.8 Å². The van der Waals surface area contributed by atoms with E-state index in [1.54, 1.807) is 12.1 Å². The quantitative estimate of drug-likeness (QED) is 0.797. The van der Waals surface area contributed by atoms with Crippen molar-refractivity contribution in [3.8, 4) is 11.8 Å². The van der Waals surface area contributed by atoms with Crippen LogP contribution in [0.5, 0.6) is 5.75 Å². The van der Waals surface area contributed by atoms with Crippen LogP contribution < -0.4 is 4.74 Å². The number of rotatable bonds is 6. The summed E-state index contributed by atoms with van der Waals surface area (Å²) < 4.78 is 5.77. The zero-order chi connectivity index (χ0) is 14.9. The van der Waals surface area contributed by atoms with E-state index in [1.807, 2.05) is 12.1 Å². The first-order valence-corrected chi connectivity index (χ1v) is 8.17. The third kappa shape index (κ3) is 5.40. The van der Waals surface area contributed by atoms with Gasteiger partial charge in [0, 0.05) is 6.54 Å². The zero-order valence-corrected chi connectivity index (χ0v) is 13.1. The summed E-state index contributed by atoms with van der Waals surface area (Å²) in [7, 11) is 0. The molecule has 0 bridgehead atoms. The van der Waals surface area contributed by atoms with Gasteiger partial charge in [-0.15, -0.1) is 0 Å². The molecule has 1 unspecified atom stereocenters. The first-order chi connectivity index (χ1) is 10.3. The Morgan fingerprint density at radius 1 is 1.24 bits per heavy atom. The lowest BCUT2D eigenvalue weighted by atomic mass is 9.96. The fourth-order valence-electron chi connectivity index (χ4n) is 3.06. The van der Waals surface area contributed by atoms with Crippen molar-refractivity contribution in [2.45, 2.75) is 39.0 Å². The average Bonchev–Trinajstić information content (AvgIpc) is 2.74. The molecule has 0 amide bonds. The van der Waals surface area contributed by atoms with E-state index in [1.165, 1.54) is 45.2 Å². The summed E-state index contributed by atoms with van der Waals surface area (Å²) in [5.74, 6) is 1.78. The Balaban J connectivity index is 1.69. The van der Waals surface area contributed by atoms with Gasteiger partial charge in [-0.3, -0.25) is 4.90 Å². The lowest BCUT2D eigenvalue weighted by molar-refractivity contribution is 0.212. The molecule has 1 aromatic rings. The SMILES string of the molecule is CCCC1CCCN(CCOc2ccc(C#N)cc2)CC1. The molecule has 0 aromatic heterocycles. The van der Waals surface area contributed by atoms with Crippen molar-refractivity contribution in [1.82, 2.24) is 4.90 Å². The van der Waals surface area contributed by atoms with Crippen LogP contribution in [0.15, 0.2) is 24.3 Å². The minimum Gasteiger partial charge on any atom is -0.492 e. The molecule has 3 nitrogen and oxygen atoms in total. The summed E-state index contributed by atoms with van der Waals surface area (Å²) in [6.07, 6.45) is 6.75. The Labute approximate surface area is 128 Å². The van der Waals surface area contributed by atoms with E-state index in [0.29, 0.717) is 5.56 Å². The second-order valence-electron chi connectivity index (χ2n) is 5.91. The predicted molar refractivity (Wildman–Crippen MR) is 85.3 cm³/mol. The van der Waals surface area contributed by atoms with Crippen molar-refractivity contribution >= 4 is 0 Å². The third-order valence-corrected chi connectivity index (χ3v) is 4.30. The number of nitriles is 1. The van der Waals surface area contributed by atoms with E-state index in [9.17, 15) is 0 Å². The topological polar surface area (TPSA) is 36.3 Å². The van der Waals surface area contributed by atoms with Gasteiger partial charge in [0.1, 0.15) is 12.4 Å². The predicted octanol–water partition coefficient (Wildman–Crippen LogP) is 3.84. The fraction of sp³-hybridized carbons (Fsp3) is 0.611. The van der Waals surface area contributed by atoms with Gasteiger partial charge in [0.2, 0.25) is 0 Å². The molecule has 1 atom stereocenters. The molecule has 0 aliphatic carbocycles. The molecule has 2 rings (SSSR count). The van der Waals surface area contributed by atoms with E-state index < -0.39 is 0 Å². The Morgan fingerprint density at radius 3 is 2.76 bits per heavy atom. The summed E-state index contributed by atoms with van der Waals surface area (Å²) in [6, 6.07) is 9.47. The van der Waals surface area contributed by atoms with E-state index >= 15 is 0 Å². The summed E-state index contributed by atoms with van der Waals surface area (Å²) in [6.45, 7) is 6.43. The normalized spacial score (nSPS) is 19.7. The second kappa shape index (κ2) is 8.69. The number of benzene rings is 1. The van der Waals surface area contributed by atoms with Crippen LogP contribution in [-0.2, 0) is 0 Å². The summed E-state index contributed by atoms with van der Waals surface area (Å²) in [5.41, 5.74) is 0.678. The van der Waals surface area contributed by atoms with Crippen molar-refractivity contribution < 1.29 is 4.74 Å². The number of nitrogens with zero attached hydrogens (tertiary/aromatic N) is 2. The molecule has 1 aliphatic heterocycles. The van der Waals surface area contributed by atoms with Crippen LogP contribution in [0.1, 0.15) is 44.6 Å². The lowest BCUT2D eigenvalue weighted by Gasteiger charge is -2.20. The number of hydrogen-bond acceptors (Lipinski definition) is 3. The van der Waals surface area contributed by atoms with Crippen LogP contribution in [0.2, 0.25) is 0 Å². The first kappa shape index (κ1) is 15.9. The summed E-state index contributed by atoms with van der Waals surface area (Å²) in [4.78, 5) is 2.53.